The first-order chi connectivity index (χ1) is 15.1. The summed E-state index contributed by atoms with van der Waals surface area (Å²) in [6.45, 7) is 12.1. The van der Waals surface area contributed by atoms with Crippen LogP contribution in [0.25, 0.3) is 0 Å². The fraction of sp³-hybridized carbons (Fsp3) is 0.875. The van der Waals surface area contributed by atoms with Crippen molar-refractivity contribution in [2.45, 2.75) is 95.3 Å². The number of likely N-dealkylation sites (tertiary alicyclic amines) is 1. The minimum Gasteiger partial charge on any atom is -0.466 e. The molecule has 3 saturated heterocycles. The van der Waals surface area contributed by atoms with Crippen LogP contribution in [-0.2, 0) is 19.1 Å². The maximum absolute atomic E-state index is 14.0. The summed E-state index contributed by atoms with van der Waals surface area (Å²) in [5.74, 6) is -1.42. The minimum atomic E-state index is -0.695. The molecule has 1 spiro atoms. The normalized spacial score (nSPS) is 35.2. The highest BCUT2D eigenvalue weighted by Gasteiger charge is 2.76. The number of fused-ring (bicyclic) bond motifs is 1. The third-order valence-electron chi connectivity index (χ3n) is 7.45. The third-order valence-corrected chi connectivity index (χ3v) is 9.52. The highest BCUT2D eigenvalue weighted by Crippen LogP contribution is 2.69. The predicted molar refractivity (Wildman–Crippen MR) is 125 cm³/mol. The number of esters is 1. The maximum Gasteiger partial charge on any atom is 0.310 e. The number of aliphatic hydroxyl groups is 1. The summed E-state index contributed by atoms with van der Waals surface area (Å²) in [4.78, 5) is 42.3. The molecule has 182 valence electrons. The number of aliphatic hydroxyl groups excluding tert-OH is 1. The molecule has 3 aliphatic heterocycles. The Hall–Kier alpha value is -1.28. The van der Waals surface area contributed by atoms with E-state index in [1.807, 2.05) is 20.8 Å². The average molecular weight is 469 g/mol. The van der Waals surface area contributed by atoms with E-state index in [4.69, 9.17) is 4.74 Å². The minimum absolute atomic E-state index is 0.00246. The lowest BCUT2D eigenvalue weighted by molar-refractivity contribution is -0.154. The molecular weight excluding hydrogens is 428 g/mol. The highest BCUT2D eigenvalue weighted by molar-refractivity contribution is 8.02. The topological polar surface area (TPSA) is 95.9 Å². The van der Waals surface area contributed by atoms with Gasteiger partial charge >= 0.3 is 5.97 Å². The van der Waals surface area contributed by atoms with E-state index in [0.29, 0.717) is 6.42 Å². The lowest BCUT2D eigenvalue weighted by Gasteiger charge is -2.40. The Morgan fingerprint density at radius 2 is 2.00 bits per heavy atom. The van der Waals surface area contributed by atoms with Gasteiger partial charge in [-0.1, -0.05) is 34.1 Å². The van der Waals surface area contributed by atoms with Gasteiger partial charge in [-0.2, -0.15) is 0 Å². The van der Waals surface area contributed by atoms with E-state index in [0.717, 1.165) is 19.3 Å². The first kappa shape index (κ1) is 25.3. The number of carbonyl (C=O) groups excluding carboxylic acids is 3. The summed E-state index contributed by atoms with van der Waals surface area (Å²) in [6, 6.07) is -1.15. The molecule has 8 atom stereocenters. The SMILES string of the molecule is CCCC(C)NC(=O)C1N([C@@H](CO)CC(C)C)C(=O)[C@@H]2[C@@H](C(=O)OCC)[C@H]3CC(C)C12S3. The molecule has 0 aromatic heterocycles. The fourth-order valence-corrected chi connectivity index (χ4v) is 8.70. The Bertz CT molecular complexity index is 731. The predicted octanol–water partition coefficient (Wildman–Crippen LogP) is 2.60. The molecule has 3 aliphatic rings. The van der Waals surface area contributed by atoms with E-state index in [1.165, 1.54) is 0 Å². The van der Waals surface area contributed by atoms with Crippen molar-refractivity contribution in [2.24, 2.45) is 23.7 Å². The second-order valence-electron chi connectivity index (χ2n) is 10.2. The van der Waals surface area contributed by atoms with Gasteiger partial charge in [0.15, 0.2) is 0 Å². The summed E-state index contributed by atoms with van der Waals surface area (Å²) in [5, 5.41) is 13.4. The Kier molecular flexibility index (Phi) is 7.85. The lowest BCUT2D eigenvalue weighted by Crippen LogP contribution is -2.59. The smallest absolute Gasteiger partial charge is 0.310 e. The maximum atomic E-state index is 14.0. The Balaban J connectivity index is 2.06. The molecule has 2 N–H and O–H groups in total. The van der Waals surface area contributed by atoms with Gasteiger partial charge in [0, 0.05) is 11.3 Å². The summed E-state index contributed by atoms with van der Waals surface area (Å²) in [6.07, 6.45) is 3.20. The zero-order chi connectivity index (χ0) is 23.8. The van der Waals surface area contributed by atoms with Gasteiger partial charge in [0.25, 0.3) is 0 Å². The van der Waals surface area contributed by atoms with Crippen molar-refractivity contribution >= 4 is 29.5 Å². The van der Waals surface area contributed by atoms with Gasteiger partial charge in [-0.3, -0.25) is 14.4 Å². The standard InChI is InChI=1S/C24H40N2O5S/c1-7-9-15(6)25-21(28)20-24-14(5)11-17(32-24)18(23(30)31-8-2)19(24)22(29)26(20)16(12-27)10-13(3)4/h13-20,27H,7-12H2,1-6H3,(H,25,28)/t14?,15?,16-,17-,18+,19+,20?,24?/m1/s1. The van der Waals surface area contributed by atoms with Gasteiger partial charge in [0.1, 0.15) is 6.04 Å². The highest BCUT2D eigenvalue weighted by atomic mass is 32.2. The van der Waals surface area contributed by atoms with Crippen LogP contribution in [0.15, 0.2) is 0 Å². The van der Waals surface area contributed by atoms with Crippen LogP contribution in [0.3, 0.4) is 0 Å². The Labute approximate surface area is 196 Å². The molecule has 7 nitrogen and oxygen atoms in total. The van der Waals surface area contributed by atoms with Crippen molar-refractivity contribution in [3.05, 3.63) is 0 Å². The number of hydrogen-bond donors (Lipinski definition) is 2. The van der Waals surface area contributed by atoms with Gasteiger partial charge in [-0.15, -0.1) is 11.8 Å². The number of nitrogens with zero attached hydrogens (tertiary/aromatic N) is 1. The van der Waals surface area contributed by atoms with Crippen molar-refractivity contribution in [1.82, 2.24) is 10.2 Å². The van der Waals surface area contributed by atoms with Crippen molar-refractivity contribution in [2.75, 3.05) is 13.2 Å². The van der Waals surface area contributed by atoms with E-state index >= 15 is 0 Å². The number of amides is 2. The van der Waals surface area contributed by atoms with Crippen LogP contribution in [0.2, 0.25) is 0 Å². The monoisotopic (exact) mass is 468 g/mol. The van der Waals surface area contributed by atoms with E-state index in [1.54, 1.807) is 23.6 Å². The fourth-order valence-electron chi connectivity index (χ4n) is 6.31. The molecule has 3 rings (SSSR count). The molecule has 8 heteroatoms. The number of rotatable bonds is 10. The van der Waals surface area contributed by atoms with Crippen LogP contribution < -0.4 is 5.32 Å². The van der Waals surface area contributed by atoms with Crippen molar-refractivity contribution < 1.29 is 24.2 Å². The molecule has 32 heavy (non-hydrogen) atoms. The van der Waals surface area contributed by atoms with Crippen molar-refractivity contribution in [3.8, 4) is 0 Å². The van der Waals surface area contributed by atoms with Crippen LogP contribution in [0.5, 0.6) is 0 Å². The summed E-state index contributed by atoms with van der Waals surface area (Å²) in [5.41, 5.74) is 0. The molecule has 0 aromatic rings. The van der Waals surface area contributed by atoms with E-state index in [-0.39, 0.29) is 54.1 Å². The molecule has 3 heterocycles. The summed E-state index contributed by atoms with van der Waals surface area (Å²) in [7, 11) is 0. The van der Waals surface area contributed by atoms with Crippen LogP contribution in [0, 0.1) is 23.7 Å². The van der Waals surface area contributed by atoms with Gasteiger partial charge in [-0.25, -0.2) is 0 Å². The summed E-state index contributed by atoms with van der Waals surface area (Å²) < 4.78 is 4.71. The second-order valence-corrected chi connectivity index (χ2v) is 11.8. The third kappa shape index (κ3) is 4.06. The first-order valence-corrected chi connectivity index (χ1v) is 13.1. The molecular formula is C24H40N2O5S. The molecule has 2 amide bonds. The van der Waals surface area contributed by atoms with Gasteiger partial charge in [0.2, 0.25) is 11.8 Å². The number of hydrogen-bond acceptors (Lipinski definition) is 6. The van der Waals surface area contributed by atoms with Crippen LogP contribution >= 0.6 is 11.8 Å². The molecule has 0 saturated carbocycles. The zero-order valence-corrected chi connectivity index (χ0v) is 21.1. The second kappa shape index (κ2) is 9.92. The van der Waals surface area contributed by atoms with Crippen molar-refractivity contribution in [1.29, 1.82) is 0 Å². The van der Waals surface area contributed by atoms with Crippen LogP contribution in [0.4, 0.5) is 0 Å². The summed E-state index contributed by atoms with van der Waals surface area (Å²) >= 11 is 1.65. The molecule has 0 aliphatic carbocycles. The molecule has 4 unspecified atom stereocenters. The molecule has 0 radical (unpaired) electrons. The Morgan fingerprint density at radius 1 is 1.31 bits per heavy atom. The van der Waals surface area contributed by atoms with Gasteiger partial charge in [0.05, 0.1) is 35.8 Å². The lowest BCUT2D eigenvalue weighted by atomic mass is 9.66. The zero-order valence-electron chi connectivity index (χ0n) is 20.3. The number of carbonyl (C=O) groups is 3. The van der Waals surface area contributed by atoms with Crippen LogP contribution in [0.1, 0.15) is 67.2 Å². The van der Waals surface area contributed by atoms with Crippen molar-refractivity contribution in [3.63, 3.8) is 0 Å². The number of ether oxygens (including phenoxy) is 1. The molecule has 3 fully saturated rings. The van der Waals surface area contributed by atoms with E-state index in [9.17, 15) is 19.5 Å². The van der Waals surface area contributed by atoms with Gasteiger partial charge in [-0.05, 0) is 44.9 Å². The number of nitrogens with one attached hydrogen (secondary N) is 1. The van der Waals surface area contributed by atoms with E-state index in [2.05, 4.69) is 19.2 Å². The number of thioether (sulfide) groups is 1. The quantitative estimate of drug-likeness (QED) is 0.479. The largest absolute Gasteiger partial charge is 0.466 e. The average Bonchev–Trinajstić information content (AvgIpc) is 3.30. The van der Waals surface area contributed by atoms with Gasteiger partial charge < -0.3 is 20.1 Å². The first-order valence-electron chi connectivity index (χ1n) is 12.2. The van der Waals surface area contributed by atoms with E-state index < -0.39 is 28.7 Å². The Morgan fingerprint density at radius 3 is 2.56 bits per heavy atom. The molecule has 2 bridgehead atoms. The van der Waals surface area contributed by atoms with Crippen LogP contribution in [-0.4, -0.2) is 69.1 Å². The molecule has 0 aromatic carbocycles.